The lowest BCUT2D eigenvalue weighted by atomic mass is 10.1. The molecule has 0 radical (unpaired) electrons. The second-order valence-electron chi connectivity index (χ2n) is 6.28. The molecule has 0 saturated carbocycles. The molecule has 4 nitrogen and oxygen atoms in total. The Morgan fingerprint density at radius 1 is 1.24 bits per heavy atom. The fourth-order valence-corrected chi connectivity index (χ4v) is 3.92. The molecule has 1 aromatic rings. The van der Waals surface area contributed by atoms with Gasteiger partial charge >= 0.3 is 0 Å². The van der Waals surface area contributed by atoms with Gasteiger partial charge in [0.15, 0.2) is 5.13 Å². The average Bonchev–Trinajstić information content (AvgIpc) is 2.75. The van der Waals surface area contributed by atoms with Crippen molar-refractivity contribution in [1.82, 2.24) is 15.2 Å². The maximum atomic E-state index is 4.96. The number of anilines is 1. The minimum Gasteiger partial charge on any atom is -0.347 e. The molecule has 0 amide bonds. The number of hydrogen-bond donors (Lipinski definition) is 1. The van der Waals surface area contributed by atoms with Gasteiger partial charge in [-0.1, -0.05) is 20.8 Å². The third kappa shape index (κ3) is 4.66. The normalized spacial score (nSPS) is 17.5. The second kappa shape index (κ2) is 8.11. The van der Waals surface area contributed by atoms with Gasteiger partial charge in [0.2, 0.25) is 0 Å². The topological polar surface area (TPSA) is 31.4 Å². The van der Waals surface area contributed by atoms with Crippen LogP contribution in [0.2, 0.25) is 0 Å². The highest BCUT2D eigenvalue weighted by Gasteiger charge is 2.19. The van der Waals surface area contributed by atoms with Crippen molar-refractivity contribution in [2.45, 2.75) is 46.1 Å². The van der Waals surface area contributed by atoms with E-state index >= 15 is 0 Å². The molecule has 0 atom stereocenters. The molecule has 1 aliphatic heterocycles. The lowest BCUT2D eigenvalue weighted by Gasteiger charge is -2.19. The average molecular weight is 311 g/mol. The molecular formula is C16H30N4S. The van der Waals surface area contributed by atoms with E-state index in [2.05, 4.69) is 42.9 Å². The van der Waals surface area contributed by atoms with Gasteiger partial charge in [-0.2, -0.15) is 0 Å². The van der Waals surface area contributed by atoms with Crippen LogP contribution in [-0.4, -0.2) is 49.7 Å². The number of nitrogens with one attached hydrogen (secondary N) is 1. The van der Waals surface area contributed by atoms with Crippen molar-refractivity contribution in [1.29, 1.82) is 0 Å². The Kier molecular flexibility index (Phi) is 6.45. The van der Waals surface area contributed by atoms with Crippen LogP contribution in [-0.2, 0) is 6.54 Å². The van der Waals surface area contributed by atoms with Gasteiger partial charge in [-0.05, 0) is 38.9 Å². The number of thiazole rings is 1. The molecule has 1 aliphatic rings. The van der Waals surface area contributed by atoms with Crippen molar-refractivity contribution in [3.05, 3.63) is 10.6 Å². The lowest BCUT2D eigenvalue weighted by Crippen LogP contribution is -2.28. The first kappa shape index (κ1) is 16.7. The summed E-state index contributed by atoms with van der Waals surface area (Å²) in [4.78, 5) is 11.3. The zero-order valence-corrected chi connectivity index (χ0v) is 14.8. The highest BCUT2D eigenvalue weighted by molar-refractivity contribution is 7.15. The molecule has 0 spiro atoms. The van der Waals surface area contributed by atoms with Crippen molar-refractivity contribution in [3.8, 4) is 0 Å². The van der Waals surface area contributed by atoms with E-state index in [0.29, 0.717) is 5.92 Å². The zero-order chi connectivity index (χ0) is 15.2. The zero-order valence-electron chi connectivity index (χ0n) is 14.0. The van der Waals surface area contributed by atoms with Gasteiger partial charge in [0.05, 0.1) is 5.69 Å². The van der Waals surface area contributed by atoms with E-state index in [4.69, 9.17) is 4.98 Å². The second-order valence-corrected chi connectivity index (χ2v) is 7.34. The van der Waals surface area contributed by atoms with Crippen LogP contribution in [0.4, 0.5) is 5.13 Å². The summed E-state index contributed by atoms with van der Waals surface area (Å²) in [6, 6.07) is 0. The molecule has 0 aromatic carbocycles. The molecule has 1 fully saturated rings. The van der Waals surface area contributed by atoms with E-state index in [1.807, 2.05) is 11.3 Å². The summed E-state index contributed by atoms with van der Waals surface area (Å²) < 4.78 is 0. The number of hydrogen-bond acceptors (Lipinski definition) is 5. The van der Waals surface area contributed by atoms with Gasteiger partial charge < -0.3 is 15.1 Å². The van der Waals surface area contributed by atoms with Crippen molar-refractivity contribution in [2.24, 2.45) is 0 Å². The number of likely N-dealkylation sites (N-methyl/N-ethyl adjacent to an activating group) is 1. The van der Waals surface area contributed by atoms with Crippen LogP contribution in [0.25, 0.3) is 0 Å². The van der Waals surface area contributed by atoms with Gasteiger partial charge in [0, 0.05) is 31.1 Å². The number of rotatable bonds is 6. The Balaban J connectivity index is 2.10. The molecule has 5 heteroatoms. The van der Waals surface area contributed by atoms with Gasteiger partial charge in [-0.25, -0.2) is 4.98 Å². The van der Waals surface area contributed by atoms with Crippen molar-refractivity contribution >= 4 is 16.5 Å². The molecule has 21 heavy (non-hydrogen) atoms. The molecule has 2 rings (SSSR count). The summed E-state index contributed by atoms with van der Waals surface area (Å²) in [5.41, 5.74) is 1.29. The van der Waals surface area contributed by atoms with Crippen LogP contribution in [0, 0.1) is 0 Å². The Labute approximate surface area is 133 Å². The minimum atomic E-state index is 0.503. The summed E-state index contributed by atoms with van der Waals surface area (Å²) in [5, 5.41) is 4.75. The smallest absolute Gasteiger partial charge is 0.185 e. The van der Waals surface area contributed by atoms with E-state index in [-0.39, 0.29) is 0 Å². The number of nitrogens with zero attached hydrogens (tertiary/aromatic N) is 3. The van der Waals surface area contributed by atoms with Crippen molar-refractivity contribution in [3.63, 3.8) is 0 Å². The molecule has 1 aromatic heterocycles. The molecular weight excluding hydrogens is 280 g/mol. The van der Waals surface area contributed by atoms with Crippen LogP contribution < -0.4 is 10.2 Å². The maximum absolute atomic E-state index is 4.96. The molecule has 0 aliphatic carbocycles. The monoisotopic (exact) mass is 310 g/mol. The van der Waals surface area contributed by atoms with Crippen LogP contribution in [0.1, 0.15) is 50.1 Å². The van der Waals surface area contributed by atoms with E-state index < -0.39 is 0 Å². The van der Waals surface area contributed by atoms with E-state index in [1.54, 1.807) is 0 Å². The number of aromatic nitrogens is 1. The van der Waals surface area contributed by atoms with Gasteiger partial charge in [-0.3, -0.25) is 0 Å². The van der Waals surface area contributed by atoms with E-state index in [1.165, 1.54) is 35.1 Å². The molecule has 0 unspecified atom stereocenters. The van der Waals surface area contributed by atoms with E-state index in [9.17, 15) is 0 Å². The first-order chi connectivity index (χ1) is 10.1. The van der Waals surface area contributed by atoms with Gasteiger partial charge in [-0.15, -0.1) is 11.3 Å². The largest absolute Gasteiger partial charge is 0.347 e. The molecule has 0 bridgehead atoms. The standard InChI is InChI=1S/C16H30N4S/c1-5-7-17-12-14-15(13(2)3)18-16(21-14)20-9-6-8-19(4)10-11-20/h13,17H,5-12H2,1-4H3. The van der Waals surface area contributed by atoms with Crippen LogP contribution in [0.5, 0.6) is 0 Å². The minimum absolute atomic E-state index is 0.503. The lowest BCUT2D eigenvalue weighted by molar-refractivity contribution is 0.360. The van der Waals surface area contributed by atoms with Crippen LogP contribution >= 0.6 is 11.3 Å². The highest BCUT2D eigenvalue weighted by Crippen LogP contribution is 2.31. The van der Waals surface area contributed by atoms with Crippen LogP contribution in [0.15, 0.2) is 0 Å². The van der Waals surface area contributed by atoms with Gasteiger partial charge in [0.1, 0.15) is 0 Å². The summed E-state index contributed by atoms with van der Waals surface area (Å²) in [6.45, 7) is 13.3. The van der Waals surface area contributed by atoms with Crippen molar-refractivity contribution < 1.29 is 0 Å². The molecule has 1 saturated heterocycles. The Bertz CT molecular complexity index is 430. The van der Waals surface area contributed by atoms with Crippen LogP contribution in [0.3, 0.4) is 0 Å². The maximum Gasteiger partial charge on any atom is 0.185 e. The molecule has 1 N–H and O–H groups in total. The Morgan fingerprint density at radius 3 is 2.76 bits per heavy atom. The highest BCUT2D eigenvalue weighted by atomic mass is 32.1. The summed E-state index contributed by atoms with van der Waals surface area (Å²) in [7, 11) is 2.21. The first-order valence-corrected chi connectivity index (χ1v) is 9.07. The SMILES string of the molecule is CCCNCc1sc(N2CCCN(C)CC2)nc1C(C)C. The first-order valence-electron chi connectivity index (χ1n) is 8.25. The molecule has 2 heterocycles. The summed E-state index contributed by atoms with van der Waals surface area (Å²) >= 11 is 1.89. The predicted molar refractivity (Wildman–Crippen MR) is 92.5 cm³/mol. The predicted octanol–water partition coefficient (Wildman–Crippen LogP) is 2.91. The molecule has 120 valence electrons. The third-order valence-corrected chi connectivity index (χ3v) is 5.10. The van der Waals surface area contributed by atoms with Crippen molar-refractivity contribution in [2.75, 3.05) is 44.7 Å². The Morgan fingerprint density at radius 2 is 2.05 bits per heavy atom. The summed E-state index contributed by atoms with van der Waals surface area (Å²) in [6.07, 6.45) is 2.41. The fourth-order valence-electron chi connectivity index (χ4n) is 2.68. The fraction of sp³-hybridized carbons (Fsp3) is 0.812. The quantitative estimate of drug-likeness (QED) is 0.819. The van der Waals surface area contributed by atoms with E-state index in [0.717, 1.165) is 32.7 Å². The van der Waals surface area contributed by atoms with Gasteiger partial charge in [0.25, 0.3) is 0 Å². The Hall–Kier alpha value is -0.650. The third-order valence-electron chi connectivity index (χ3n) is 3.97. The summed E-state index contributed by atoms with van der Waals surface area (Å²) in [5.74, 6) is 0.503.